The van der Waals surface area contributed by atoms with Crippen LogP contribution in [0.15, 0.2) is 0 Å². The molecule has 1 unspecified atom stereocenters. The Labute approximate surface area is 156 Å². The molecule has 2 aliphatic heterocycles. The van der Waals surface area contributed by atoms with Crippen molar-refractivity contribution >= 4 is 12.0 Å². The summed E-state index contributed by atoms with van der Waals surface area (Å²) < 4.78 is 0. The zero-order chi connectivity index (χ0) is 18.7. The van der Waals surface area contributed by atoms with E-state index in [2.05, 4.69) is 17.3 Å². The molecule has 0 spiro atoms. The molecule has 1 saturated carbocycles. The first-order valence-electron chi connectivity index (χ1n) is 10.2. The van der Waals surface area contributed by atoms with Crippen molar-refractivity contribution in [2.24, 2.45) is 11.8 Å². The quantitative estimate of drug-likeness (QED) is 0.741. The first-order chi connectivity index (χ1) is 12.5. The topological polar surface area (TPSA) is 76.1 Å². The Morgan fingerprint density at radius 3 is 2.38 bits per heavy atom. The molecule has 0 aromatic rings. The molecule has 7 heteroatoms. The maximum atomic E-state index is 12.6. The Morgan fingerprint density at radius 1 is 1.12 bits per heavy atom. The maximum Gasteiger partial charge on any atom is 0.317 e. The molecule has 3 fully saturated rings. The van der Waals surface area contributed by atoms with Gasteiger partial charge in [-0.15, -0.1) is 0 Å². The van der Waals surface area contributed by atoms with Gasteiger partial charge < -0.3 is 20.2 Å². The molecule has 2 saturated heterocycles. The average Bonchev–Trinajstić information content (AvgIpc) is 3.06. The Bertz CT molecular complexity index is 501. The van der Waals surface area contributed by atoms with Gasteiger partial charge in [0.05, 0.1) is 6.54 Å². The van der Waals surface area contributed by atoms with Gasteiger partial charge in [0.25, 0.3) is 0 Å². The molecule has 3 rings (SSSR count). The van der Waals surface area contributed by atoms with Crippen LogP contribution in [0.3, 0.4) is 0 Å². The van der Waals surface area contributed by atoms with E-state index in [4.69, 9.17) is 5.11 Å². The summed E-state index contributed by atoms with van der Waals surface area (Å²) in [5, 5.41) is 12.1. The molecule has 7 nitrogen and oxygen atoms in total. The fourth-order valence-corrected chi connectivity index (χ4v) is 4.80. The van der Waals surface area contributed by atoms with Crippen LogP contribution in [0, 0.1) is 11.8 Å². The van der Waals surface area contributed by atoms with Crippen LogP contribution in [-0.4, -0.2) is 90.2 Å². The van der Waals surface area contributed by atoms with E-state index in [9.17, 15) is 9.59 Å². The first-order valence-corrected chi connectivity index (χ1v) is 10.2. The van der Waals surface area contributed by atoms with Gasteiger partial charge in [0.1, 0.15) is 0 Å². The summed E-state index contributed by atoms with van der Waals surface area (Å²) in [4.78, 5) is 29.8. The van der Waals surface area contributed by atoms with Crippen LogP contribution in [0.25, 0.3) is 0 Å². The summed E-state index contributed by atoms with van der Waals surface area (Å²) in [6.07, 6.45) is 5.38. The van der Waals surface area contributed by atoms with E-state index in [-0.39, 0.29) is 24.7 Å². The number of rotatable bonds is 6. The van der Waals surface area contributed by atoms with Crippen LogP contribution in [0.5, 0.6) is 0 Å². The molecule has 2 amide bonds. The number of likely N-dealkylation sites (tertiary alicyclic amines) is 2. The number of carbonyl (C=O) groups is 2. The van der Waals surface area contributed by atoms with E-state index in [0.717, 1.165) is 44.8 Å². The molecular formula is C19H34N4O3. The highest BCUT2D eigenvalue weighted by molar-refractivity contribution is 5.75. The minimum absolute atomic E-state index is 0.0742. The van der Waals surface area contributed by atoms with Gasteiger partial charge in [0.2, 0.25) is 0 Å². The van der Waals surface area contributed by atoms with Crippen LogP contribution in [0.4, 0.5) is 4.79 Å². The molecular weight excluding hydrogens is 332 g/mol. The highest BCUT2D eigenvalue weighted by Gasteiger charge is 2.37. The summed E-state index contributed by atoms with van der Waals surface area (Å²) in [5.74, 6) is 0.650. The molecule has 0 bridgehead atoms. The number of aliphatic carboxylic acids is 1. The zero-order valence-corrected chi connectivity index (χ0v) is 16.2. The standard InChI is InChI=1S/C19H34N4O3/c1-3-22(13-18(24)25)17-10-16(11-17)20-19(26)23-9-6-15(12-23)14-4-7-21(2)8-5-14/h14-17H,3-13H2,1-2H3,(H,20,26)(H,24,25). The monoisotopic (exact) mass is 366 g/mol. The highest BCUT2D eigenvalue weighted by Crippen LogP contribution is 2.32. The third kappa shape index (κ3) is 4.68. The normalized spacial score (nSPS) is 30.4. The lowest BCUT2D eigenvalue weighted by molar-refractivity contribution is -0.139. The lowest BCUT2D eigenvalue weighted by Crippen LogP contribution is -2.56. The predicted octanol–water partition coefficient (Wildman–Crippen LogP) is 1.30. The molecule has 148 valence electrons. The molecule has 1 atom stereocenters. The Kier molecular flexibility index (Phi) is 6.40. The Hall–Kier alpha value is -1.34. The molecule has 1 aliphatic carbocycles. The lowest BCUT2D eigenvalue weighted by atomic mass is 9.84. The van der Waals surface area contributed by atoms with Crippen LogP contribution < -0.4 is 5.32 Å². The molecule has 0 radical (unpaired) electrons. The van der Waals surface area contributed by atoms with Gasteiger partial charge in [-0.1, -0.05) is 6.92 Å². The highest BCUT2D eigenvalue weighted by atomic mass is 16.4. The number of likely N-dealkylation sites (N-methyl/N-ethyl adjacent to an activating group) is 1. The number of hydrogen-bond donors (Lipinski definition) is 2. The number of carboxylic acid groups (broad SMARTS) is 1. The third-order valence-corrected chi connectivity index (χ3v) is 6.64. The molecule has 2 heterocycles. The molecule has 3 aliphatic rings. The van der Waals surface area contributed by atoms with Gasteiger partial charge in [-0.3, -0.25) is 9.69 Å². The van der Waals surface area contributed by atoms with Gasteiger partial charge >= 0.3 is 12.0 Å². The van der Waals surface area contributed by atoms with Crippen molar-refractivity contribution in [1.29, 1.82) is 0 Å². The molecule has 0 aromatic heterocycles. The van der Waals surface area contributed by atoms with Gasteiger partial charge in [0.15, 0.2) is 0 Å². The largest absolute Gasteiger partial charge is 0.480 e. The number of carboxylic acids is 1. The van der Waals surface area contributed by atoms with E-state index in [1.165, 1.54) is 25.9 Å². The minimum Gasteiger partial charge on any atom is -0.480 e. The fraction of sp³-hybridized carbons (Fsp3) is 0.895. The van der Waals surface area contributed by atoms with E-state index < -0.39 is 5.97 Å². The molecule has 2 N–H and O–H groups in total. The first kappa shape index (κ1) is 19.4. The second-order valence-electron chi connectivity index (χ2n) is 8.36. The average molecular weight is 367 g/mol. The second kappa shape index (κ2) is 8.57. The van der Waals surface area contributed by atoms with Crippen molar-refractivity contribution in [2.45, 2.75) is 51.1 Å². The third-order valence-electron chi connectivity index (χ3n) is 6.64. The van der Waals surface area contributed by atoms with Crippen molar-refractivity contribution < 1.29 is 14.7 Å². The predicted molar refractivity (Wildman–Crippen MR) is 100 cm³/mol. The second-order valence-corrected chi connectivity index (χ2v) is 8.36. The summed E-state index contributed by atoms with van der Waals surface area (Å²) >= 11 is 0. The van der Waals surface area contributed by atoms with Gasteiger partial charge in [-0.05, 0) is 70.6 Å². The van der Waals surface area contributed by atoms with Crippen molar-refractivity contribution in [2.75, 3.05) is 46.3 Å². The summed E-state index contributed by atoms with van der Waals surface area (Å²) in [6.45, 7) is 6.95. The minimum atomic E-state index is -0.781. The number of piperidine rings is 1. The van der Waals surface area contributed by atoms with Crippen molar-refractivity contribution in [1.82, 2.24) is 20.0 Å². The Morgan fingerprint density at radius 2 is 1.77 bits per heavy atom. The Balaban J connectivity index is 1.38. The SMILES string of the molecule is CCN(CC(=O)O)C1CC(NC(=O)N2CCC(C3CCN(C)CC3)C2)C1. The number of nitrogens with one attached hydrogen (secondary N) is 1. The van der Waals surface area contributed by atoms with Crippen molar-refractivity contribution in [3.63, 3.8) is 0 Å². The zero-order valence-electron chi connectivity index (χ0n) is 16.2. The van der Waals surface area contributed by atoms with Gasteiger partial charge in [-0.2, -0.15) is 0 Å². The van der Waals surface area contributed by atoms with Crippen LogP contribution in [0.2, 0.25) is 0 Å². The van der Waals surface area contributed by atoms with E-state index in [1.807, 2.05) is 16.7 Å². The number of amides is 2. The molecule has 26 heavy (non-hydrogen) atoms. The van der Waals surface area contributed by atoms with Crippen LogP contribution >= 0.6 is 0 Å². The number of urea groups is 1. The lowest BCUT2D eigenvalue weighted by Gasteiger charge is -2.42. The van der Waals surface area contributed by atoms with Crippen molar-refractivity contribution in [3.05, 3.63) is 0 Å². The van der Waals surface area contributed by atoms with Gasteiger partial charge in [0, 0.05) is 25.2 Å². The number of nitrogens with zero attached hydrogens (tertiary/aromatic N) is 3. The maximum absolute atomic E-state index is 12.6. The number of hydrogen-bond acceptors (Lipinski definition) is 4. The van der Waals surface area contributed by atoms with Crippen molar-refractivity contribution in [3.8, 4) is 0 Å². The van der Waals surface area contributed by atoms with E-state index in [1.54, 1.807) is 0 Å². The van der Waals surface area contributed by atoms with E-state index >= 15 is 0 Å². The number of carbonyl (C=O) groups excluding carboxylic acids is 1. The summed E-state index contributed by atoms with van der Waals surface area (Å²) in [5.41, 5.74) is 0. The smallest absolute Gasteiger partial charge is 0.317 e. The van der Waals surface area contributed by atoms with Crippen LogP contribution in [-0.2, 0) is 4.79 Å². The van der Waals surface area contributed by atoms with Crippen LogP contribution in [0.1, 0.15) is 39.0 Å². The summed E-state index contributed by atoms with van der Waals surface area (Å²) in [6, 6.07) is 0.551. The summed E-state index contributed by atoms with van der Waals surface area (Å²) in [7, 11) is 2.19. The van der Waals surface area contributed by atoms with E-state index in [0.29, 0.717) is 5.92 Å². The fourth-order valence-electron chi connectivity index (χ4n) is 4.80. The molecule has 0 aromatic carbocycles. The van der Waals surface area contributed by atoms with Gasteiger partial charge in [-0.25, -0.2) is 4.79 Å².